The average Bonchev–Trinajstić information content (AvgIpc) is 2.72. The van der Waals surface area contributed by atoms with Crippen molar-refractivity contribution >= 4 is 56.6 Å². The summed E-state index contributed by atoms with van der Waals surface area (Å²) in [6.07, 6.45) is 0. The Morgan fingerprint density at radius 1 is 0.903 bits per heavy atom. The first-order valence-corrected chi connectivity index (χ1v) is 10.7. The van der Waals surface area contributed by atoms with Gasteiger partial charge in [-0.05, 0) is 48.0 Å². The van der Waals surface area contributed by atoms with Crippen LogP contribution in [-0.4, -0.2) is 10.5 Å². The molecular weight excluding hydrogens is 431 g/mol. The number of hydrogen-bond acceptors (Lipinski definition) is 2. The Kier molecular flexibility index (Phi) is 5.32. The van der Waals surface area contributed by atoms with E-state index in [4.69, 9.17) is 23.2 Å². The number of nitrogens with zero attached hydrogens (tertiary/aromatic N) is 1. The maximum atomic E-state index is 13.5. The summed E-state index contributed by atoms with van der Waals surface area (Å²) < 4.78 is 1.96. The molecule has 6 heteroatoms. The number of nitrogens with one attached hydrogen (secondary N) is 1. The molecule has 0 aliphatic heterocycles. The van der Waals surface area contributed by atoms with Crippen molar-refractivity contribution in [2.75, 3.05) is 5.32 Å². The van der Waals surface area contributed by atoms with Gasteiger partial charge >= 0.3 is 0 Å². The molecule has 0 spiro atoms. The molecule has 0 aliphatic rings. The quantitative estimate of drug-likeness (QED) is 0.346. The minimum Gasteiger partial charge on any atom is -0.343 e. The Labute approximate surface area is 190 Å². The van der Waals surface area contributed by atoms with Crippen molar-refractivity contribution in [1.29, 1.82) is 0 Å². The normalized spacial score (nSPS) is 11.8. The number of carbonyl (C=O) groups is 1. The predicted octanol–water partition coefficient (Wildman–Crippen LogP) is 6.65. The molecule has 31 heavy (non-hydrogen) atoms. The van der Waals surface area contributed by atoms with Crippen molar-refractivity contribution in [3.05, 3.63) is 74.9 Å². The molecule has 0 atom stereocenters. The van der Waals surface area contributed by atoms with E-state index in [1.165, 1.54) is 0 Å². The summed E-state index contributed by atoms with van der Waals surface area (Å²) in [5, 5.41) is 5.23. The van der Waals surface area contributed by atoms with Crippen LogP contribution in [0.3, 0.4) is 0 Å². The Balaban J connectivity index is 2.05. The summed E-state index contributed by atoms with van der Waals surface area (Å²) in [5.74, 6) is -0.121. The number of benzene rings is 3. The van der Waals surface area contributed by atoms with Gasteiger partial charge in [-0.1, -0.05) is 56.1 Å². The summed E-state index contributed by atoms with van der Waals surface area (Å²) in [7, 11) is 1.91. The standard InChI is InChI=1S/C25H22Cl2N2O2/c1-25(2,3)24(31)28-19-11-9-14(26)12-18(19)16-6-5-7-20-22(16)23(30)17-10-8-15(27)13-21(17)29(20)4/h5-13H,1-4H3,(H,28,31). The highest BCUT2D eigenvalue weighted by molar-refractivity contribution is 6.31. The summed E-state index contributed by atoms with van der Waals surface area (Å²) in [6, 6.07) is 16.2. The van der Waals surface area contributed by atoms with Gasteiger partial charge in [-0.25, -0.2) is 0 Å². The second-order valence-electron chi connectivity index (χ2n) is 8.64. The molecule has 1 amide bonds. The Bertz CT molecular complexity index is 1420. The van der Waals surface area contributed by atoms with Crippen LogP contribution in [0.4, 0.5) is 5.69 Å². The lowest BCUT2D eigenvalue weighted by Gasteiger charge is -2.20. The number of halogens is 2. The van der Waals surface area contributed by atoms with Gasteiger partial charge in [-0.2, -0.15) is 0 Å². The maximum absolute atomic E-state index is 13.5. The fourth-order valence-electron chi connectivity index (χ4n) is 3.68. The van der Waals surface area contributed by atoms with Gasteiger partial charge in [-0.15, -0.1) is 0 Å². The van der Waals surface area contributed by atoms with E-state index in [2.05, 4.69) is 5.32 Å². The Morgan fingerprint density at radius 3 is 2.29 bits per heavy atom. The van der Waals surface area contributed by atoms with Crippen molar-refractivity contribution in [2.45, 2.75) is 20.8 Å². The number of rotatable bonds is 2. The van der Waals surface area contributed by atoms with Crippen LogP contribution in [-0.2, 0) is 11.8 Å². The molecule has 0 fully saturated rings. The maximum Gasteiger partial charge on any atom is 0.229 e. The highest BCUT2D eigenvalue weighted by Gasteiger charge is 2.23. The molecule has 3 aromatic carbocycles. The third-order valence-electron chi connectivity index (χ3n) is 5.40. The largest absolute Gasteiger partial charge is 0.343 e. The molecule has 0 unspecified atom stereocenters. The molecule has 4 rings (SSSR count). The molecule has 1 aromatic heterocycles. The zero-order chi connectivity index (χ0) is 22.5. The van der Waals surface area contributed by atoms with E-state index in [0.29, 0.717) is 37.6 Å². The minimum absolute atomic E-state index is 0.0940. The lowest BCUT2D eigenvalue weighted by molar-refractivity contribution is -0.123. The van der Waals surface area contributed by atoms with Crippen molar-refractivity contribution in [1.82, 2.24) is 4.57 Å². The second kappa shape index (κ2) is 7.70. The van der Waals surface area contributed by atoms with E-state index >= 15 is 0 Å². The molecule has 1 heterocycles. The highest BCUT2D eigenvalue weighted by atomic mass is 35.5. The van der Waals surface area contributed by atoms with Gasteiger partial charge in [0.2, 0.25) is 5.91 Å². The topological polar surface area (TPSA) is 51.1 Å². The van der Waals surface area contributed by atoms with Crippen LogP contribution in [0.2, 0.25) is 10.0 Å². The zero-order valence-electron chi connectivity index (χ0n) is 17.7. The van der Waals surface area contributed by atoms with Crippen LogP contribution in [0.5, 0.6) is 0 Å². The molecular formula is C25H22Cl2N2O2. The van der Waals surface area contributed by atoms with E-state index in [-0.39, 0.29) is 11.3 Å². The molecule has 4 nitrogen and oxygen atoms in total. The number of fused-ring (bicyclic) bond motifs is 2. The molecule has 0 radical (unpaired) electrons. The third kappa shape index (κ3) is 3.82. The van der Waals surface area contributed by atoms with Gasteiger partial charge in [0.25, 0.3) is 0 Å². The fourth-order valence-corrected chi connectivity index (χ4v) is 4.02. The lowest BCUT2D eigenvalue weighted by atomic mass is 9.94. The summed E-state index contributed by atoms with van der Waals surface area (Å²) in [6.45, 7) is 5.55. The van der Waals surface area contributed by atoms with Gasteiger partial charge < -0.3 is 9.88 Å². The molecule has 4 aromatic rings. The number of aromatic nitrogens is 1. The number of amides is 1. The number of anilines is 1. The summed E-state index contributed by atoms with van der Waals surface area (Å²) >= 11 is 12.5. The Morgan fingerprint density at radius 2 is 1.58 bits per heavy atom. The number of carbonyl (C=O) groups excluding carboxylic acids is 1. The Hall–Kier alpha value is -2.82. The molecule has 0 aliphatic carbocycles. The third-order valence-corrected chi connectivity index (χ3v) is 5.87. The SMILES string of the molecule is Cn1c2cc(Cl)ccc2c(=O)c2c(-c3cc(Cl)ccc3NC(=O)C(C)(C)C)cccc21. The number of pyridine rings is 1. The van der Waals surface area contributed by atoms with Gasteiger partial charge in [0, 0.05) is 39.1 Å². The van der Waals surface area contributed by atoms with E-state index in [0.717, 1.165) is 11.0 Å². The minimum atomic E-state index is -0.568. The monoisotopic (exact) mass is 452 g/mol. The van der Waals surface area contributed by atoms with Crippen molar-refractivity contribution < 1.29 is 4.79 Å². The molecule has 0 saturated heterocycles. The highest BCUT2D eigenvalue weighted by Crippen LogP contribution is 2.36. The van der Waals surface area contributed by atoms with Crippen LogP contribution in [0.15, 0.2) is 59.4 Å². The van der Waals surface area contributed by atoms with Crippen LogP contribution in [0, 0.1) is 5.41 Å². The first-order chi connectivity index (χ1) is 14.6. The van der Waals surface area contributed by atoms with Crippen LogP contribution < -0.4 is 10.7 Å². The molecule has 0 bridgehead atoms. The summed E-state index contributed by atoms with van der Waals surface area (Å²) in [5.41, 5.74) is 2.88. The second-order valence-corrected chi connectivity index (χ2v) is 9.52. The predicted molar refractivity (Wildman–Crippen MR) is 130 cm³/mol. The van der Waals surface area contributed by atoms with Crippen LogP contribution in [0.1, 0.15) is 20.8 Å². The lowest BCUT2D eigenvalue weighted by Crippen LogP contribution is -2.27. The molecule has 1 N–H and O–H groups in total. The van der Waals surface area contributed by atoms with Gasteiger partial charge in [0.15, 0.2) is 5.43 Å². The summed E-state index contributed by atoms with van der Waals surface area (Å²) in [4.78, 5) is 26.2. The van der Waals surface area contributed by atoms with E-state index in [1.807, 2.05) is 50.6 Å². The van der Waals surface area contributed by atoms with Gasteiger partial charge in [0.05, 0.1) is 16.4 Å². The van der Waals surface area contributed by atoms with E-state index in [9.17, 15) is 9.59 Å². The molecule has 0 saturated carbocycles. The van der Waals surface area contributed by atoms with Crippen LogP contribution in [0.25, 0.3) is 32.9 Å². The van der Waals surface area contributed by atoms with Gasteiger partial charge in [-0.3, -0.25) is 9.59 Å². The van der Waals surface area contributed by atoms with E-state index < -0.39 is 5.41 Å². The average molecular weight is 453 g/mol. The van der Waals surface area contributed by atoms with Crippen molar-refractivity contribution in [2.24, 2.45) is 12.5 Å². The molecule has 158 valence electrons. The van der Waals surface area contributed by atoms with E-state index in [1.54, 1.807) is 36.4 Å². The number of hydrogen-bond donors (Lipinski definition) is 1. The van der Waals surface area contributed by atoms with Crippen molar-refractivity contribution in [3.63, 3.8) is 0 Å². The van der Waals surface area contributed by atoms with Gasteiger partial charge in [0.1, 0.15) is 0 Å². The smallest absolute Gasteiger partial charge is 0.229 e. The van der Waals surface area contributed by atoms with Crippen LogP contribution >= 0.6 is 23.2 Å². The first kappa shape index (κ1) is 21.4. The zero-order valence-corrected chi connectivity index (χ0v) is 19.2. The number of aryl methyl sites for hydroxylation is 1. The van der Waals surface area contributed by atoms with Crippen molar-refractivity contribution in [3.8, 4) is 11.1 Å². The fraction of sp³-hybridized carbons (Fsp3) is 0.200. The first-order valence-electron chi connectivity index (χ1n) is 9.90.